The van der Waals surface area contributed by atoms with E-state index in [9.17, 15) is 4.79 Å². The molecule has 0 spiro atoms. The Morgan fingerprint density at radius 2 is 1.68 bits per heavy atom. The summed E-state index contributed by atoms with van der Waals surface area (Å²) < 4.78 is 1.99. The quantitative estimate of drug-likeness (QED) is 0.833. The van der Waals surface area contributed by atoms with E-state index in [2.05, 4.69) is 40.3 Å². The summed E-state index contributed by atoms with van der Waals surface area (Å²) in [4.78, 5) is 18.1. The van der Waals surface area contributed by atoms with Gasteiger partial charge in [-0.1, -0.05) is 6.07 Å². The summed E-state index contributed by atoms with van der Waals surface area (Å²) in [5.41, 5.74) is 3.26. The van der Waals surface area contributed by atoms with Crippen molar-refractivity contribution in [1.29, 1.82) is 0 Å². The van der Waals surface area contributed by atoms with Crippen molar-refractivity contribution in [2.75, 3.05) is 26.2 Å². The second kappa shape index (κ2) is 8.58. The molecule has 5 nitrogen and oxygen atoms in total. The minimum atomic E-state index is 0. The average molecular weight is 387 g/mol. The van der Waals surface area contributed by atoms with Gasteiger partial charge in [-0.15, -0.1) is 24.8 Å². The molecule has 3 heterocycles. The Morgan fingerprint density at radius 1 is 1.00 bits per heavy atom. The van der Waals surface area contributed by atoms with Crippen molar-refractivity contribution >= 4 is 35.8 Å². The number of aromatic amines is 1. The van der Waals surface area contributed by atoms with Gasteiger partial charge in [0, 0.05) is 25.2 Å². The first-order valence-corrected chi connectivity index (χ1v) is 8.88. The Hall–Kier alpha value is -1.01. The van der Waals surface area contributed by atoms with Gasteiger partial charge in [-0.2, -0.15) is 0 Å². The van der Waals surface area contributed by atoms with Gasteiger partial charge in [0.2, 0.25) is 0 Å². The van der Waals surface area contributed by atoms with E-state index in [-0.39, 0.29) is 30.5 Å². The van der Waals surface area contributed by atoms with Crippen LogP contribution < -0.4 is 11.0 Å². The Balaban J connectivity index is 0.00000113. The largest absolute Gasteiger partial charge is 0.326 e. The Labute approximate surface area is 161 Å². The van der Waals surface area contributed by atoms with Crippen LogP contribution in [0.15, 0.2) is 23.0 Å². The average Bonchev–Trinajstić information content (AvgIpc) is 2.90. The van der Waals surface area contributed by atoms with Gasteiger partial charge in [0.15, 0.2) is 0 Å². The number of piperidine rings is 2. The van der Waals surface area contributed by atoms with Crippen molar-refractivity contribution in [2.24, 2.45) is 0 Å². The van der Waals surface area contributed by atoms with Crippen LogP contribution in [-0.2, 0) is 0 Å². The third-order valence-corrected chi connectivity index (χ3v) is 5.56. The smallest absolute Gasteiger partial charge is 0.317 e. The zero-order valence-corrected chi connectivity index (χ0v) is 16.3. The highest BCUT2D eigenvalue weighted by Gasteiger charge is 2.28. The summed E-state index contributed by atoms with van der Waals surface area (Å²) in [6, 6.07) is 7.31. The Morgan fingerprint density at radius 3 is 2.36 bits per heavy atom. The predicted molar refractivity (Wildman–Crippen MR) is 108 cm³/mol. The molecule has 2 fully saturated rings. The third-order valence-electron chi connectivity index (χ3n) is 5.56. The maximum atomic E-state index is 12.4. The monoisotopic (exact) mass is 386 g/mol. The Bertz CT molecular complexity index is 743. The number of halogens is 2. The van der Waals surface area contributed by atoms with Gasteiger partial charge >= 0.3 is 5.69 Å². The molecule has 1 aromatic carbocycles. The van der Waals surface area contributed by atoms with Gasteiger partial charge in [0.25, 0.3) is 0 Å². The fraction of sp³-hybridized carbons (Fsp3) is 0.611. The lowest BCUT2D eigenvalue weighted by Gasteiger charge is -2.39. The molecule has 2 N–H and O–H groups in total. The predicted octanol–water partition coefficient (Wildman–Crippen LogP) is 2.87. The molecular weight excluding hydrogens is 359 g/mol. The number of H-pyrrole nitrogens is 1. The van der Waals surface area contributed by atoms with E-state index < -0.39 is 0 Å². The number of benzene rings is 1. The van der Waals surface area contributed by atoms with Gasteiger partial charge in [-0.25, -0.2) is 4.79 Å². The lowest BCUT2D eigenvalue weighted by Crippen LogP contribution is -2.47. The molecule has 4 rings (SSSR count). The minimum Gasteiger partial charge on any atom is -0.317 e. The number of rotatable bonds is 2. The number of hydrogen-bond acceptors (Lipinski definition) is 3. The van der Waals surface area contributed by atoms with Crippen LogP contribution in [0.3, 0.4) is 0 Å². The van der Waals surface area contributed by atoms with Crippen LogP contribution in [0.1, 0.15) is 37.3 Å². The van der Waals surface area contributed by atoms with Gasteiger partial charge in [0.1, 0.15) is 0 Å². The van der Waals surface area contributed by atoms with E-state index in [0.717, 1.165) is 56.1 Å². The molecule has 140 valence electrons. The van der Waals surface area contributed by atoms with Crippen LogP contribution in [0, 0.1) is 6.92 Å². The maximum absolute atomic E-state index is 12.4. The minimum absolute atomic E-state index is 0. The fourth-order valence-corrected chi connectivity index (χ4v) is 4.29. The first kappa shape index (κ1) is 20.3. The number of imidazole rings is 1. The summed E-state index contributed by atoms with van der Waals surface area (Å²) >= 11 is 0. The first-order valence-electron chi connectivity index (χ1n) is 8.88. The third kappa shape index (κ3) is 4.05. The fourth-order valence-electron chi connectivity index (χ4n) is 4.29. The lowest BCUT2D eigenvalue weighted by molar-refractivity contribution is 0.113. The summed E-state index contributed by atoms with van der Waals surface area (Å²) in [6.07, 6.45) is 4.67. The van der Waals surface area contributed by atoms with E-state index in [1.54, 1.807) is 0 Å². The summed E-state index contributed by atoms with van der Waals surface area (Å²) in [6.45, 7) is 6.57. The van der Waals surface area contributed by atoms with Crippen molar-refractivity contribution in [2.45, 2.75) is 44.7 Å². The van der Waals surface area contributed by atoms with Crippen LogP contribution >= 0.6 is 24.8 Å². The molecule has 0 bridgehead atoms. The molecule has 7 heteroatoms. The second-order valence-corrected chi connectivity index (χ2v) is 7.07. The van der Waals surface area contributed by atoms with Crippen LogP contribution in [0.25, 0.3) is 11.0 Å². The molecule has 2 saturated heterocycles. The van der Waals surface area contributed by atoms with Crippen molar-refractivity contribution in [3.63, 3.8) is 0 Å². The number of likely N-dealkylation sites (tertiary alicyclic amines) is 1. The summed E-state index contributed by atoms with van der Waals surface area (Å²) in [5, 5.41) is 3.44. The van der Waals surface area contributed by atoms with E-state index >= 15 is 0 Å². The number of aryl methyl sites for hydroxylation is 1. The first-order chi connectivity index (χ1) is 11.2. The number of aromatic nitrogens is 2. The van der Waals surface area contributed by atoms with Crippen molar-refractivity contribution in [1.82, 2.24) is 19.8 Å². The highest BCUT2D eigenvalue weighted by molar-refractivity contribution is 5.85. The van der Waals surface area contributed by atoms with Gasteiger partial charge in [0.05, 0.1) is 11.0 Å². The normalized spacial score (nSPS) is 20.2. The van der Waals surface area contributed by atoms with Gasteiger partial charge in [-0.3, -0.25) is 4.57 Å². The molecule has 0 unspecified atom stereocenters. The van der Waals surface area contributed by atoms with Crippen molar-refractivity contribution in [3.05, 3.63) is 34.2 Å². The van der Waals surface area contributed by atoms with Crippen LogP contribution in [0.4, 0.5) is 0 Å². The molecule has 2 aliphatic rings. The van der Waals surface area contributed by atoms with E-state index in [1.807, 2.05) is 4.57 Å². The highest BCUT2D eigenvalue weighted by Crippen LogP contribution is 2.27. The molecule has 0 radical (unpaired) electrons. The standard InChI is InChI=1S/C18H26N4O.2ClH/c1-13-2-3-17-16(12-13)20-18(23)22(17)15-6-10-21(11-7-15)14-4-8-19-9-5-14;;/h2-3,12,14-15,19H,4-11H2,1H3,(H,20,23);2*1H. The van der Waals surface area contributed by atoms with Gasteiger partial charge < -0.3 is 15.2 Å². The van der Waals surface area contributed by atoms with Crippen LogP contribution in [-0.4, -0.2) is 46.7 Å². The van der Waals surface area contributed by atoms with Crippen molar-refractivity contribution in [3.8, 4) is 0 Å². The molecule has 0 amide bonds. The van der Waals surface area contributed by atoms with Crippen LogP contribution in [0.5, 0.6) is 0 Å². The number of hydrogen-bond donors (Lipinski definition) is 2. The molecular formula is C18H28Cl2N4O. The Kier molecular flexibility index (Phi) is 6.97. The highest BCUT2D eigenvalue weighted by atomic mass is 35.5. The molecule has 25 heavy (non-hydrogen) atoms. The molecule has 1 aromatic heterocycles. The zero-order valence-electron chi connectivity index (χ0n) is 14.7. The molecule has 0 atom stereocenters. The molecule has 2 aromatic rings. The topological polar surface area (TPSA) is 53.1 Å². The van der Waals surface area contributed by atoms with Crippen LogP contribution in [0.2, 0.25) is 0 Å². The summed E-state index contributed by atoms with van der Waals surface area (Å²) in [5.74, 6) is 0. The van der Waals surface area contributed by atoms with Crippen molar-refractivity contribution < 1.29 is 0 Å². The molecule has 0 aliphatic carbocycles. The second-order valence-electron chi connectivity index (χ2n) is 7.07. The zero-order chi connectivity index (χ0) is 15.8. The molecule has 0 saturated carbocycles. The van der Waals surface area contributed by atoms with E-state index in [4.69, 9.17) is 0 Å². The summed E-state index contributed by atoms with van der Waals surface area (Å²) in [7, 11) is 0. The number of nitrogens with zero attached hydrogens (tertiary/aromatic N) is 2. The van der Waals surface area contributed by atoms with E-state index in [1.165, 1.54) is 18.4 Å². The SMILES string of the molecule is Cc1ccc2c(c1)[nH]c(=O)n2C1CCN(C2CCNCC2)CC1.Cl.Cl. The lowest BCUT2D eigenvalue weighted by atomic mass is 9.98. The van der Waals surface area contributed by atoms with E-state index in [0.29, 0.717) is 6.04 Å². The number of nitrogens with one attached hydrogen (secondary N) is 2. The molecule has 2 aliphatic heterocycles. The maximum Gasteiger partial charge on any atom is 0.326 e. The number of fused-ring (bicyclic) bond motifs is 1. The van der Waals surface area contributed by atoms with Gasteiger partial charge in [-0.05, 0) is 63.4 Å².